The summed E-state index contributed by atoms with van der Waals surface area (Å²) in [4.78, 5) is 28.3. The molecule has 0 saturated heterocycles. The normalized spacial score (nSPS) is 23.8. The molecule has 1 N–H and O–H groups in total. The Hall–Kier alpha value is -2.92. The van der Waals surface area contributed by atoms with Gasteiger partial charge in [-0.05, 0) is 41.7 Å². The highest BCUT2D eigenvalue weighted by molar-refractivity contribution is 6.30. The van der Waals surface area contributed by atoms with Gasteiger partial charge in [-0.3, -0.25) is 9.59 Å². The molecule has 0 radical (unpaired) electrons. The van der Waals surface area contributed by atoms with Crippen LogP contribution in [-0.2, 0) is 10.2 Å². The fourth-order valence-corrected chi connectivity index (χ4v) is 5.79. The molecule has 176 valence electrons. The molecule has 2 aliphatic rings. The Balaban J connectivity index is 1.80. The van der Waals surface area contributed by atoms with E-state index in [1.807, 2.05) is 59.3 Å². The van der Waals surface area contributed by atoms with Gasteiger partial charge in [0.1, 0.15) is 17.0 Å². The SMILES string of the molecule is CC1(C)CC(=O)[C@]2(C1)C(=O)c1c(C(C)(C)C)nn(-c3ccccc3)c1N[C@@H]2c1ccc(Cl)cc1. The van der Waals surface area contributed by atoms with Crippen molar-refractivity contribution in [2.24, 2.45) is 10.8 Å². The van der Waals surface area contributed by atoms with E-state index in [0.29, 0.717) is 34.9 Å². The molecule has 2 aromatic carbocycles. The van der Waals surface area contributed by atoms with Crippen molar-refractivity contribution in [3.63, 3.8) is 0 Å². The van der Waals surface area contributed by atoms with Gasteiger partial charge in [0.15, 0.2) is 5.78 Å². The molecule has 1 aliphatic carbocycles. The van der Waals surface area contributed by atoms with Gasteiger partial charge in [-0.2, -0.15) is 5.10 Å². The summed E-state index contributed by atoms with van der Waals surface area (Å²) in [5.41, 5.74) is 1.13. The lowest BCUT2D eigenvalue weighted by Crippen LogP contribution is -2.48. The number of fused-ring (bicyclic) bond motifs is 1. The van der Waals surface area contributed by atoms with Crippen molar-refractivity contribution in [1.29, 1.82) is 0 Å². The van der Waals surface area contributed by atoms with Crippen molar-refractivity contribution in [1.82, 2.24) is 9.78 Å². The smallest absolute Gasteiger partial charge is 0.184 e. The van der Waals surface area contributed by atoms with Crippen LogP contribution in [0.1, 0.15) is 75.1 Å². The number of nitrogens with zero attached hydrogens (tertiary/aromatic N) is 2. The topological polar surface area (TPSA) is 64.0 Å². The Morgan fingerprint density at radius 2 is 1.68 bits per heavy atom. The number of ketones is 2. The van der Waals surface area contributed by atoms with E-state index in [1.165, 1.54) is 0 Å². The number of anilines is 1. The highest BCUT2D eigenvalue weighted by Crippen LogP contribution is 2.58. The molecule has 1 aliphatic heterocycles. The zero-order valence-corrected chi connectivity index (χ0v) is 21.0. The van der Waals surface area contributed by atoms with Crippen molar-refractivity contribution in [3.05, 3.63) is 76.4 Å². The van der Waals surface area contributed by atoms with Crippen LogP contribution in [0.3, 0.4) is 0 Å². The number of rotatable bonds is 2. The molecule has 2 atom stereocenters. The van der Waals surface area contributed by atoms with E-state index in [9.17, 15) is 9.59 Å². The van der Waals surface area contributed by atoms with Gasteiger partial charge in [0.05, 0.1) is 23.0 Å². The van der Waals surface area contributed by atoms with E-state index in [4.69, 9.17) is 16.7 Å². The standard InChI is InChI=1S/C28H30ClN3O2/c1-26(2,3)23-21-24(34)28(16-27(4,5)15-20(28)33)22(17-11-13-18(29)14-12-17)30-25(21)32(31-23)19-9-7-6-8-10-19/h6-14,22,30H,15-16H2,1-5H3/t22-,28+/m1/s1. The van der Waals surface area contributed by atoms with Crippen LogP contribution in [0, 0.1) is 10.8 Å². The largest absolute Gasteiger partial charge is 0.361 e. The third kappa shape index (κ3) is 3.40. The molecular weight excluding hydrogens is 446 g/mol. The zero-order valence-electron chi connectivity index (χ0n) is 20.3. The van der Waals surface area contributed by atoms with Gasteiger partial charge in [0.25, 0.3) is 0 Å². The van der Waals surface area contributed by atoms with E-state index >= 15 is 0 Å². The van der Waals surface area contributed by atoms with Gasteiger partial charge < -0.3 is 5.32 Å². The average Bonchev–Trinajstić information content (AvgIpc) is 3.27. The molecule has 6 heteroatoms. The van der Waals surface area contributed by atoms with Crippen LogP contribution < -0.4 is 5.32 Å². The van der Waals surface area contributed by atoms with Crippen LogP contribution in [0.4, 0.5) is 5.82 Å². The maximum atomic E-state index is 14.6. The number of aromatic nitrogens is 2. The highest BCUT2D eigenvalue weighted by Gasteiger charge is 2.63. The molecule has 0 bridgehead atoms. The van der Waals surface area contributed by atoms with Gasteiger partial charge in [-0.25, -0.2) is 4.68 Å². The summed E-state index contributed by atoms with van der Waals surface area (Å²) >= 11 is 6.18. The summed E-state index contributed by atoms with van der Waals surface area (Å²) in [6, 6.07) is 16.7. The molecule has 5 rings (SSSR count). The van der Waals surface area contributed by atoms with Crippen molar-refractivity contribution >= 4 is 29.0 Å². The van der Waals surface area contributed by atoms with E-state index in [0.717, 1.165) is 11.3 Å². The van der Waals surface area contributed by atoms with Crippen molar-refractivity contribution < 1.29 is 9.59 Å². The predicted molar refractivity (Wildman–Crippen MR) is 135 cm³/mol. The first kappa shape index (κ1) is 22.9. The Bertz CT molecular complexity index is 1290. The minimum atomic E-state index is -1.19. The number of hydrogen-bond acceptors (Lipinski definition) is 4. The third-order valence-corrected chi connectivity index (χ3v) is 7.35. The van der Waals surface area contributed by atoms with Gasteiger partial charge in [0, 0.05) is 16.9 Å². The molecular formula is C28H30ClN3O2. The first-order valence-electron chi connectivity index (χ1n) is 11.7. The van der Waals surface area contributed by atoms with E-state index < -0.39 is 11.5 Å². The summed E-state index contributed by atoms with van der Waals surface area (Å²) in [5, 5.41) is 9.20. The van der Waals surface area contributed by atoms with Gasteiger partial charge >= 0.3 is 0 Å². The van der Waals surface area contributed by atoms with Gasteiger partial charge in [-0.15, -0.1) is 0 Å². The Kier molecular flexibility index (Phi) is 5.07. The first-order chi connectivity index (χ1) is 15.9. The maximum Gasteiger partial charge on any atom is 0.184 e. The van der Waals surface area contributed by atoms with Gasteiger partial charge in [-0.1, -0.05) is 76.6 Å². The van der Waals surface area contributed by atoms with Crippen molar-refractivity contribution in [3.8, 4) is 5.69 Å². The zero-order chi connectivity index (χ0) is 24.5. The summed E-state index contributed by atoms with van der Waals surface area (Å²) < 4.78 is 1.81. The van der Waals surface area contributed by atoms with Crippen LogP contribution in [0.25, 0.3) is 5.69 Å². The Morgan fingerprint density at radius 1 is 1.03 bits per heavy atom. The number of carbonyl (C=O) groups excluding carboxylic acids is 2. The number of benzene rings is 2. The van der Waals surface area contributed by atoms with Crippen molar-refractivity contribution in [2.45, 2.75) is 58.9 Å². The number of halogens is 1. The molecule has 0 amide bonds. The number of hydrogen-bond donors (Lipinski definition) is 1. The van der Waals surface area contributed by atoms with Gasteiger partial charge in [0.2, 0.25) is 0 Å². The summed E-state index contributed by atoms with van der Waals surface area (Å²) in [7, 11) is 0. The minimum absolute atomic E-state index is 0.00656. The lowest BCUT2D eigenvalue weighted by Gasteiger charge is -2.41. The first-order valence-corrected chi connectivity index (χ1v) is 12.1. The minimum Gasteiger partial charge on any atom is -0.361 e. The van der Waals surface area contributed by atoms with Crippen LogP contribution in [0.2, 0.25) is 5.02 Å². The van der Waals surface area contributed by atoms with E-state index in [-0.39, 0.29) is 22.4 Å². The quantitative estimate of drug-likeness (QED) is 0.427. The lowest BCUT2D eigenvalue weighted by atomic mass is 9.65. The predicted octanol–water partition coefficient (Wildman–Crippen LogP) is 6.55. The van der Waals surface area contributed by atoms with Crippen LogP contribution >= 0.6 is 11.6 Å². The molecule has 2 heterocycles. The Morgan fingerprint density at radius 3 is 2.24 bits per heavy atom. The second kappa shape index (κ2) is 7.54. The number of para-hydroxylation sites is 1. The van der Waals surface area contributed by atoms with Crippen molar-refractivity contribution in [2.75, 3.05) is 5.32 Å². The summed E-state index contributed by atoms with van der Waals surface area (Å²) in [6.07, 6.45) is 0.856. The fourth-order valence-electron chi connectivity index (χ4n) is 5.66. The van der Waals surface area contributed by atoms with Crippen LogP contribution in [0.15, 0.2) is 54.6 Å². The third-order valence-electron chi connectivity index (χ3n) is 7.10. The fraction of sp³-hybridized carbons (Fsp3) is 0.393. The highest BCUT2D eigenvalue weighted by atomic mass is 35.5. The molecule has 1 spiro atoms. The average molecular weight is 476 g/mol. The second-order valence-electron chi connectivity index (χ2n) is 11.4. The van der Waals surface area contributed by atoms with Crippen LogP contribution in [-0.4, -0.2) is 21.3 Å². The summed E-state index contributed by atoms with van der Waals surface area (Å²) in [5.74, 6) is 0.515. The molecule has 3 aromatic rings. The number of nitrogens with one attached hydrogen (secondary N) is 1. The summed E-state index contributed by atoms with van der Waals surface area (Å²) in [6.45, 7) is 10.3. The number of carbonyl (C=O) groups is 2. The molecule has 0 unspecified atom stereocenters. The molecule has 1 saturated carbocycles. The molecule has 1 fully saturated rings. The van der Waals surface area contributed by atoms with E-state index in [1.54, 1.807) is 0 Å². The van der Waals surface area contributed by atoms with E-state index in [2.05, 4.69) is 39.9 Å². The van der Waals surface area contributed by atoms with Crippen LogP contribution in [0.5, 0.6) is 0 Å². The molecule has 34 heavy (non-hydrogen) atoms. The molecule has 5 nitrogen and oxygen atoms in total. The maximum absolute atomic E-state index is 14.6. The second-order valence-corrected chi connectivity index (χ2v) is 11.9. The monoisotopic (exact) mass is 475 g/mol. The molecule has 1 aromatic heterocycles. The Labute approximate surface area is 205 Å². The number of Topliss-reactive ketones (excluding diaryl/α,β-unsaturated/α-hetero) is 2. The lowest BCUT2D eigenvalue weighted by molar-refractivity contribution is -0.124.